The van der Waals surface area contributed by atoms with Crippen LogP contribution in [0.2, 0.25) is 0 Å². The molecule has 1 fully saturated rings. The van der Waals surface area contributed by atoms with Gasteiger partial charge in [-0.3, -0.25) is 4.79 Å². The molecular weight excluding hydrogens is 316 g/mol. The smallest absolute Gasteiger partial charge is 0.232 e. The van der Waals surface area contributed by atoms with Crippen molar-refractivity contribution < 1.29 is 9.53 Å². The Morgan fingerprint density at radius 1 is 1.32 bits per heavy atom. The molecule has 1 aromatic heterocycles. The second-order valence-electron chi connectivity index (χ2n) is 7.14. The number of nitrogens with one attached hydrogen (secondary N) is 1. The third-order valence-corrected chi connectivity index (χ3v) is 5.14. The van der Waals surface area contributed by atoms with Crippen molar-refractivity contribution in [2.45, 2.75) is 19.4 Å². The van der Waals surface area contributed by atoms with Gasteiger partial charge < -0.3 is 25.3 Å². The number of likely N-dealkylation sites (N-methyl/N-ethyl adjacent to an activating group) is 1. The summed E-state index contributed by atoms with van der Waals surface area (Å²) in [6, 6.07) is 8.17. The molecule has 25 heavy (non-hydrogen) atoms. The molecule has 136 valence electrons. The number of carbonyl (C=O) groups excluding carboxylic acids is 1. The van der Waals surface area contributed by atoms with E-state index in [0.29, 0.717) is 32.6 Å². The molecule has 1 aliphatic heterocycles. The van der Waals surface area contributed by atoms with Gasteiger partial charge in [0.2, 0.25) is 5.91 Å². The topological polar surface area (TPSA) is 72.5 Å². The number of carbonyl (C=O) groups is 1. The minimum absolute atomic E-state index is 0.00375. The standard InChI is InChI=1S/C19H28N4O2/c1-22(2)9-10-23-8-5-15-3-4-16(13-17(15)23)21-18(24)19(14-20)6-11-25-12-7-19/h3-5,8,13H,6-7,9-12,14,20H2,1-2H3,(H,21,24). The molecule has 2 heterocycles. The van der Waals surface area contributed by atoms with Gasteiger partial charge in [-0.05, 0) is 50.5 Å². The van der Waals surface area contributed by atoms with Crippen molar-refractivity contribution in [3.63, 3.8) is 0 Å². The van der Waals surface area contributed by atoms with Gasteiger partial charge in [0.25, 0.3) is 0 Å². The first-order valence-corrected chi connectivity index (χ1v) is 8.87. The van der Waals surface area contributed by atoms with E-state index < -0.39 is 5.41 Å². The Morgan fingerprint density at radius 2 is 2.08 bits per heavy atom. The van der Waals surface area contributed by atoms with Crippen LogP contribution in [-0.2, 0) is 16.1 Å². The number of anilines is 1. The molecule has 1 saturated heterocycles. The Bertz CT molecular complexity index is 732. The quantitative estimate of drug-likeness (QED) is 0.839. The maximum absolute atomic E-state index is 12.8. The molecule has 6 heteroatoms. The summed E-state index contributed by atoms with van der Waals surface area (Å²) in [5, 5.41) is 4.26. The predicted octanol–water partition coefficient (Wildman–Crippen LogP) is 1.90. The van der Waals surface area contributed by atoms with Gasteiger partial charge in [-0.1, -0.05) is 6.07 Å². The fourth-order valence-electron chi connectivity index (χ4n) is 3.31. The lowest BCUT2D eigenvalue weighted by molar-refractivity contribution is -0.130. The van der Waals surface area contributed by atoms with E-state index in [-0.39, 0.29) is 5.91 Å². The number of aromatic nitrogens is 1. The lowest BCUT2D eigenvalue weighted by Gasteiger charge is -2.34. The number of hydrogen-bond acceptors (Lipinski definition) is 4. The van der Waals surface area contributed by atoms with Gasteiger partial charge in [0.15, 0.2) is 0 Å². The highest BCUT2D eigenvalue weighted by Gasteiger charge is 2.38. The lowest BCUT2D eigenvalue weighted by atomic mass is 9.79. The summed E-state index contributed by atoms with van der Waals surface area (Å²) in [5.41, 5.74) is 7.37. The third kappa shape index (κ3) is 3.86. The van der Waals surface area contributed by atoms with Gasteiger partial charge in [0.05, 0.1) is 10.9 Å². The van der Waals surface area contributed by atoms with Crippen molar-refractivity contribution in [1.82, 2.24) is 9.47 Å². The average Bonchev–Trinajstić information content (AvgIpc) is 3.02. The minimum Gasteiger partial charge on any atom is -0.381 e. The normalized spacial score (nSPS) is 17.1. The molecule has 0 radical (unpaired) electrons. The summed E-state index contributed by atoms with van der Waals surface area (Å²) >= 11 is 0. The Hall–Kier alpha value is -1.89. The summed E-state index contributed by atoms with van der Waals surface area (Å²) in [5.74, 6) is 0.00375. The largest absolute Gasteiger partial charge is 0.381 e. The SMILES string of the molecule is CN(C)CCn1ccc2ccc(NC(=O)C3(CN)CCOCC3)cc21. The summed E-state index contributed by atoms with van der Waals surface area (Å²) in [6.07, 6.45) is 3.45. The van der Waals surface area contributed by atoms with Gasteiger partial charge in [-0.15, -0.1) is 0 Å². The van der Waals surface area contributed by atoms with Crippen LogP contribution >= 0.6 is 0 Å². The van der Waals surface area contributed by atoms with E-state index in [1.807, 2.05) is 12.1 Å². The molecule has 3 N–H and O–H groups in total. The van der Waals surface area contributed by atoms with E-state index in [4.69, 9.17) is 10.5 Å². The van der Waals surface area contributed by atoms with Crippen LogP contribution in [0.15, 0.2) is 30.5 Å². The van der Waals surface area contributed by atoms with Crippen molar-refractivity contribution >= 4 is 22.5 Å². The highest BCUT2D eigenvalue weighted by molar-refractivity contribution is 5.97. The van der Waals surface area contributed by atoms with Gasteiger partial charge in [-0.2, -0.15) is 0 Å². The first-order valence-electron chi connectivity index (χ1n) is 8.87. The fraction of sp³-hybridized carbons (Fsp3) is 0.526. The molecule has 0 aliphatic carbocycles. The third-order valence-electron chi connectivity index (χ3n) is 5.14. The van der Waals surface area contributed by atoms with E-state index in [9.17, 15) is 4.79 Å². The number of benzene rings is 1. The Kier molecular flexibility index (Phi) is 5.42. The fourth-order valence-corrected chi connectivity index (χ4v) is 3.31. The molecule has 0 unspecified atom stereocenters. The van der Waals surface area contributed by atoms with Crippen molar-refractivity contribution in [3.05, 3.63) is 30.5 Å². The van der Waals surface area contributed by atoms with E-state index in [0.717, 1.165) is 24.3 Å². The second kappa shape index (κ2) is 7.56. The number of hydrogen-bond donors (Lipinski definition) is 2. The maximum Gasteiger partial charge on any atom is 0.232 e. The van der Waals surface area contributed by atoms with E-state index in [1.165, 1.54) is 5.39 Å². The predicted molar refractivity (Wildman–Crippen MR) is 101 cm³/mol. The summed E-state index contributed by atoms with van der Waals surface area (Å²) in [7, 11) is 4.13. The monoisotopic (exact) mass is 344 g/mol. The second-order valence-corrected chi connectivity index (χ2v) is 7.14. The minimum atomic E-state index is -0.514. The molecule has 0 spiro atoms. The summed E-state index contributed by atoms with van der Waals surface area (Å²) < 4.78 is 7.61. The lowest BCUT2D eigenvalue weighted by Crippen LogP contribution is -2.46. The molecule has 1 aromatic carbocycles. The zero-order chi connectivity index (χ0) is 17.9. The zero-order valence-electron chi connectivity index (χ0n) is 15.1. The molecule has 1 amide bonds. The van der Waals surface area contributed by atoms with Gasteiger partial charge in [0.1, 0.15) is 0 Å². The number of ether oxygens (including phenoxy) is 1. The Balaban J connectivity index is 1.79. The molecular formula is C19H28N4O2. The highest BCUT2D eigenvalue weighted by atomic mass is 16.5. The van der Waals surface area contributed by atoms with E-state index in [2.05, 4.69) is 47.2 Å². The van der Waals surface area contributed by atoms with Gasteiger partial charge in [-0.25, -0.2) is 0 Å². The van der Waals surface area contributed by atoms with Crippen LogP contribution < -0.4 is 11.1 Å². The molecule has 6 nitrogen and oxygen atoms in total. The molecule has 0 saturated carbocycles. The highest BCUT2D eigenvalue weighted by Crippen LogP contribution is 2.31. The van der Waals surface area contributed by atoms with Crippen molar-refractivity contribution in [3.8, 4) is 0 Å². The number of nitrogens with two attached hydrogens (primary N) is 1. The number of fused-ring (bicyclic) bond motifs is 1. The van der Waals surface area contributed by atoms with Crippen molar-refractivity contribution in [2.24, 2.45) is 11.1 Å². The Labute approximate surface area is 148 Å². The van der Waals surface area contributed by atoms with E-state index in [1.54, 1.807) is 0 Å². The molecule has 1 aliphatic rings. The van der Waals surface area contributed by atoms with E-state index >= 15 is 0 Å². The molecule has 3 rings (SSSR count). The van der Waals surface area contributed by atoms with Crippen LogP contribution in [0.1, 0.15) is 12.8 Å². The van der Waals surface area contributed by atoms with Crippen LogP contribution in [0.3, 0.4) is 0 Å². The maximum atomic E-state index is 12.8. The number of nitrogens with zero attached hydrogens (tertiary/aromatic N) is 2. The van der Waals surface area contributed by atoms with Gasteiger partial charge >= 0.3 is 0 Å². The molecule has 0 bridgehead atoms. The van der Waals surface area contributed by atoms with Crippen LogP contribution in [0, 0.1) is 5.41 Å². The number of rotatable bonds is 6. The van der Waals surface area contributed by atoms with Crippen LogP contribution in [0.5, 0.6) is 0 Å². The summed E-state index contributed by atoms with van der Waals surface area (Å²) in [6.45, 7) is 3.42. The van der Waals surface area contributed by atoms with Crippen LogP contribution in [-0.4, -0.2) is 55.8 Å². The molecule has 0 atom stereocenters. The van der Waals surface area contributed by atoms with Crippen LogP contribution in [0.4, 0.5) is 5.69 Å². The zero-order valence-corrected chi connectivity index (χ0v) is 15.1. The van der Waals surface area contributed by atoms with Crippen molar-refractivity contribution in [2.75, 3.05) is 45.7 Å². The average molecular weight is 344 g/mol. The first kappa shape index (κ1) is 17.9. The summed E-state index contributed by atoms with van der Waals surface area (Å²) in [4.78, 5) is 15.0. The number of amides is 1. The van der Waals surface area contributed by atoms with Crippen molar-refractivity contribution in [1.29, 1.82) is 0 Å². The van der Waals surface area contributed by atoms with Crippen LogP contribution in [0.25, 0.3) is 10.9 Å². The Morgan fingerprint density at radius 3 is 2.76 bits per heavy atom. The van der Waals surface area contributed by atoms with Gasteiger partial charge in [0, 0.05) is 44.7 Å². The first-order chi connectivity index (χ1) is 12.0. The molecule has 2 aromatic rings.